The van der Waals surface area contributed by atoms with Gasteiger partial charge in [-0.2, -0.15) is 0 Å². The van der Waals surface area contributed by atoms with Crippen LogP contribution in [0, 0.1) is 0 Å². The van der Waals surface area contributed by atoms with Gasteiger partial charge in [0.05, 0.1) is 0 Å². The summed E-state index contributed by atoms with van der Waals surface area (Å²) in [5.41, 5.74) is 5.99. The predicted molar refractivity (Wildman–Crippen MR) is 102 cm³/mol. The molecule has 2 aliphatic carbocycles. The summed E-state index contributed by atoms with van der Waals surface area (Å²) in [5.74, 6) is 0. The molecule has 2 aromatic rings. The standard InChI is InChI=1S/2C9H7.2CH3NO.2ClH.Ga.Zr.H/c2*1-2-5-9-7-3-6-8(9)4-1;2*2-1-3;;;;;/h2*1-7H;2*1H,(H2,2,3);2*1H;;;/q;;;;;;2*+2;/p-4. The van der Waals surface area contributed by atoms with Crippen molar-refractivity contribution < 1.29 is 57.6 Å². The van der Waals surface area contributed by atoms with Gasteiger partial charge in [-0.3, -0.25) is 0 Å². The van der Waals surface area contributed by atoms with Crippen molar-refractivity contribution >= 4 is 42.9 Å². The number of carbonyl (C=O) groups excluding carboxylic acids is 2. The van der Waals surface area contributed by atoms with E-state index in [0.29, 0.717) is 12.8 Å². The van der Waals surface area contributed by atoms with E-state index in [0.717, 1.165) is 7.25 Å². The van der Waals surface area contributed by atoms with E-state index in [1.165, 1.54) is 11.1 Å². The zero-order chi connectivity index (χ0) is 18.2. The monoisotopic (exact) mass is 548 g/mol. The molecular weight excluding hydrogens is 532 g/mol. The zero-order valence-electron chi connectivity index (χ0n) is 15.0. The van der Waals surface area contributed by atoms with Crippen LogP contribution in [0.3, 0.4) is 0 Å². The van der Waals surface area contributed by atoms with Crippen molar-refractivity contribution in [3.8, 4) is 0 Å². The Morgan fingerprint density at radius 2 is 1.18 bits per heavy atom. The minimum atomic E-state index is -1.18. The summed E-state index contributed by atoms with van der Waals surface area (Å²) in [7, 11) is 0. The second-order valence-electron chi connectivity index (χ2n) is 5.92. The van der Waals surface area contributed by atoms with Gasteiger partial charge in [0.25, 0.3) is 0 Å². The third-order valence-corrected chi connectivity index (χ3v) is 10.1. The number of hydrogen-bond donors (Lipinski definition) is 2. The molecule has 2 aliphatic rings. The molecule has 0 bridgehead atoms. The van der Waals surface area contributed by atoms with Crippen LogP contribution in [-0.4, -0.2) is 30.7 Å². The van der Waals surface area contributed by atoms with E-state index in [9.17, 15) is 9.59 Å². The maximum absolute atomic E-state index is 9.46. The van der Waals surface area contributed by atoms with Crippen LogP contribution in [0.2, 0.25) is 0 Å². The average molecular weight is 551 g/mol. The quantitative estimate of drug-likeness (QED) is 0.221. The third kappa shape index (κ3) is 6.50. The SMILES string of the molecule is C1=C[CH]([Zr+2][CH]2C=Cc3ccccc32)c2ccccc21.O=C[NH][GaH][NH]C=O.[Cl-].[Cl-]. The van der Waals surface area contributed by atoms with Crippen molar-refractivity contribution in [2.24, 2.45) is 0 Å². The van der Waals surface area contributed by atoms with Gasteiger partial charge in [0.1, 0.15) is 0 Å². The van der Waals surface area contributed by atoms with Crippen molar-refractivity contribution in [2.45, 2.75) is 7.25 Å². The van der Waals surface area contributed by atoms with Gasteiger partial charge in [0, 0.05) is 0 Å². The van der Waals surface area contributed by atoms with Crippen LogP contribution >= 0.6 is 0 Å². The molecule has 2 N–H and O–H groups in total. The fourth-order valence-corrected chi connectivity index (χ4v) is 7.87. The molecular formula is C20H19Cl2GaN2O2Zr. The first-order chi connectivity index (χ1) is 12.8. The molecule has 142 valence electrons. The fraction of sp³-hybridized carbons (Fsp3) is 0.100. The van der Waals surface area contributed by atoms with Gasteiger partial charge in [0.15, 0.2) is 0 Å². The molecule has 4 nitrogen and oxygen atoms in total. The average Bonchev–Trinajstić information content (AvgIpc) is 3.28. The zero-order valence-corrected chi connectivity index (χ0v) is 22.0. The van der Waals surface area contributed by atoms with Crippen molar-refractivity contribution in [3.63, 3.8) is 0 Å². The Morgan fingerprint density at radius 3 is 1.61 bits per heavy atom. The fourth-order valence-electron chi connectivity index (χ4n) is 3.13. The Bertz CT molecular complexity index is 781. The largest absolute Gasteiger partial charge is 1.00 e. The van der Waals surface area contributed by atoms with E-state index in [-0.39, 0.29) is 24.8 Å². The van der Waals surface area contributed by atoms with E-state index >= 15 is 0 Å². The van der Waals surface area contributed by atoms with Gasteiger partial charge < -0.3 is 24.8 Å². The Labute approximate surface area is 197 Å². The number of hydrogen-bond acceptors (Lipinski definition) is 2. The number of benzene rings is 2. The molecule has 0 spiro atoms. The first-order valence-corrected chi connectivity index (χ1v) is 14.3. The molecule has 0 saturated heterocycles. The van der Waals surface area contributed by atoms with E-state index in [1.54, 1.807) is 11.1 Å². The molecule has 2 unspecified atom stereocenters. The molecule has 28 heavy (non-hydrogen) atoms. The Kier molecular flexibility index (Phi) is 11.8. The third-order valence-electron chi connectivity index (χ3n) is 4.33. The molecule has 2 atom stereocenters. The molecule has 4 rings (SSSR count). The van der Waals surface area contributed by atoms with Crippen LogP contribution in [0.1, 0.15) is 29.5 Å². The van der Waals surface area contributed by atoms with E-state index in [1.807, 2.05) is 0 Å². The van der Waals surface area contributed by atoms with Gasteiger partial charge in [-0.25, -0.2) is 0 Å². The summed E-state index contributed by atoms with van der Waals surface area (Å²) >= 11 is -1.73. The molecule has 0 saturated carbocycles. The van der Waals surface area contributed by atoms with Crippen LogP contribution in [0.25, 0.3) is 12.2 Å². The number of fused-ring (bicyclic) bond motifs is 2. The number of rotatable bonds is 6. The van der Waals surface area contributed by atoms with Crippen LogP contribution in [0.5, 0.6) is 0 Å². The van der Waals surface area contributed by atoms with E-state index < -0.39 is 41.1 Å². The Hall–Kier alpha value is -1.04. The molecule has 0 aliphatic heterocycles. The molecule has 8 heteroatoms. The number of carbonyl (C=O) groups is 2. The van der Waals surface area contributed by atoms with Crippen LogP contribution in [-0.2, 0) is 32.8 Å². The minimum absolute atomic E-state index is 0. The predicted octanol–water partition coefficient (Wildman–Crippen LogP) is -3.64. The van der Waals surface area contributed by atoms with Gasteiger partial charge in [-0.15, -0.1) is 0 Å². The molecule has 0 radical (unpaired) electrons. The minimum Gasteiger partial charge on any atom is -1.00 e. The molecule has 0 fully saturated rings. The normalized spacial score (nSPS) is 16.6. The van der Waals surface area contributed by atoms with Crippen molar-refractivity contribution in [2.75, 3.05) is 0 Å². The van der Waals surface area contributed by atoms with Crippen LogP contribution in [0.4, 0.5) is 0 Å². The Balaban J connectivity index is 0.000000382. The van der Waals surface area contributed by atoms with Crippen LogP contribution in [0.15, 0.2) is 60.7 Å². The second kappa shape index (κ2) is 13.2. The van der Waals surface area contributed by atoms with E-state index in [2.05, 4.69) is 80.9 Å². The first kappa shape index (κ1) is 25.0. The molecule has 2 amide bonds. The van der Waals surface area contributed by atoms with Gasteiger partial charge in [0.2, 0.25) is 0 Å². The number of allylic oxidation sites excluding steroid dienone is 2. The number of amides is 2. The van der Waals surface area contributed by atoms with Crippen molar-refractivity contribution in [1.29, 1.82) is 0 Å². The van der Waals surface area contributed by atoms with Gasteiger partial charge in [-0.05, 0) is 0 Å². The van der Waals surface area contributed by atoms with Crippen LogP contribution < -0.4 is 32.9 Å². The summed E-state index contributed by atoms with van der Waals surface area (Å²) in [6.07, 6.45) is 10.7. The molecule has 2 aromatic carbocycles. The topological polar surface area (TPSA) is 58.2 Å². The first-order valence-electron chi connectivity index (χ1n) is 8.48. The van der Waals surface area contributed by atoms with Gasteiger partial charge >= 0.3 is 174 Å². The molecule has 0 heterocycles. The summed E-state index contributed by atoms with van der Waals surface area (Å²) in [5, 5.41) is 0. The molecule has 0 aromatic heterocycles. The van der Waals surface area contributed by atoms with Gasteiger partial charge in [-0.1, -0.05) is 0 Å². The smallest absolute Gasteiger partial charge is 1.00 e. The summed E-state index contributed by atoms with van der Waals surface area (Å²) in [4.78, 5) is 18.9. The number of nitrogens with one attached hydrogen (secondary N) is 2. The summed E-state index contributed by atoms with van der Waals surface area (Å²) < 4.78 is 6.30. The maximum Gasteiger partial charge on any atom is -1.00 e. The van der Waals surface area contributed by atoms with Crippen molar-refractivity contribution in [3.05, 3.63) is 82.9 Å². The summed E-state index contributed by atoms with van der Waals surface area (Å²) in [6.45, 7) is 0. The summed E-state index contributed by atoms with van der Waals surface area (Å²) in [6, 6.07) is 17.7. The van der Waals surface area contributed by atoms with Crippen molar-refractivity contribution in [1.82, 2.24) is 8.05 Å². The Morgan fingerprint density at radius 1 is 0.750 bits per heavy atom. The second-order valence-corrected chi connectivity index (χ2v) is 12.3. The van der Waals surface area contributed by atoms with E-state index in [4.69, 9.17) is 0 Å². The maximum atomic E-state index is 9.46. The number of halogens is 2.